The number of nitrogens with one attached hydrogen (secondary N) is 2. The third-order valence-electron chi connectivity index (χ3n) is 5.48. The number of benzene rings is 2. The highest BCUT2D eigenvalue weighted by molar-refractivity contribution is 14.0. The molecule has 7 heteroatoms. The van der Waals surface area contributed by atoms with E-state index in [2.05, 4.69) is 56.9 Å². The van der Waals surface area contributed by atoms with E-state index in [0.717, 1.165) is 49.7 Å². The Kier molecular flexibility index (Phi) is 10.1. The van der Waals surface area contributed by atoms with Crippen LogP contribution in [0.5, 0.6) is 0 Å². The first-order valence-electron chi connectivity index (χ1n) is 10.6. The van der Waals surface area contributed by atoms with Crippen LogP contribution in [0.4, 0.5) is 5.69 Å². The maximum absolute atomic E-state index is 12.1. The van der Waals surface area contributed by atoms with Crippen molar-refractivity contribution < 1.29 is 4.79 Å². The van der Waals surface area contributed by atoms with Crippen LogP contribution in [-0.2, 0) is 6.42 Å². The van der Waals surface area contributed by atoms with E-state index in [1.165, 1.54) is 12.1 Å². The zero-order valence-electron chi connectivity index (χ0n) is 18.7. The van der Waals surface area contributed by atoms with Crippen LogP contribution in [0.1, 0.15) is 22.3 Å². The van der Waals surface area contributed by atoms with Crippen molar-refractivity contribution in [1.82, 2.24) is 15.5 Å². The zero-order valence-corrected chi connectivity index (χ0v) is 21.0. The number of carbonyl (C=O) groups excluding carboxylic acids is 1. The van der Waals surface area contributed by atoms with Gasteiger partial charge in [-0.2, -0.15) is 0 Å². The lowest BCUT2D eigenvalue weighted by Gasteiger charge is -2.19. The van der Waals surface area contributed by atoms with Crippen LogP contribution in [0.2, 0.25) is 0 Å². The van der Waals surface area contributed by atoms with Crippen LogP contribution in [0.3, 0.4) is 0 Å². The van der Waals surface area contributed by atoms with Gasteiger partial charge in [-0.15, -0.1) is 24.0 Å². The number of hydrogen-bond acceptors (Lipinski definition) is 3. The van der Waals surface area contributed by atoms with Gasteiger partial charge in [0.15, 0.2) is 5.96 Å². The summed E-state index contributed by atoms with van der Waals surface area (Å²) in [5.74, 6) is 1.47. The van der Waals surface area contributed by atoms with E-state index in [1.54, 1.807) is 26.0 Å². The number of para-hydroxylation sites is 1. The third-order valence-corrected chi connectivity index (χ3v) is 5.48. The summed E-state index contributed by atoms with van der Waals surface area (Å²) in [6.45, 7) is 3.85. The molecule has 0 radical (unpaired) electrons. The first-order chi connectivity index (χ1) is 14.6. The molecule has 1 fully saturated rings. The van der Waals surface area contributed by atoms with Crippen molar-refractivity contribution in [2.45, 2.75) is 12.8 Å². The molecule has 0 saturated carbocycles. The standard InChI is InChI=1S/C24H33N5O.HI/c1-25-24(26-14-12-19-8-7-9-21(16-19)23(30)28(2)3)27-17-20-13-15-29(18-20)22-10-5-4-6-11-22;/h4-11,16,20H,12-15,17-18H2,1-3H3,(H2,25,26,27);1H. The minimum absolute atomic E-state index is 0. The SMILES string of the molecule is CN=C(NCCc1cccc(C(=O)N(C)C)c1)NCC1CCN(c2ccccc2)C1.I. The molecule has 1 unspecified atom stereocenters. The molecule has 31 heavy (non-hydrogen) atoms. The Balaban J connectivity index is 0.00000341. The topological polar surface area (TPSA) is 60.0 Å². The van der Waals surface area contributed by atoms with E-state index < -0.39 is 0 Å². The predicted molar refractivity (Wildman–Crippen MR) is 140 cm³/mol. The van der Waals surface area contributed by atoms with E-state index in [9.17, 15) is 4.79 Å². The van der Waals surface area contributed by atoms with Crippen LogP contribution < -0.4 is 15.5 Å². The largest absolute Gasteiger partial charge is 0.371 e. The molecule has 1 amide bonds. The molecule has 1 heterocycles. The lowest BCUT2D eigenvalue weighted by molar-refractivity contribution is 0.0827. The van der Waals surface area contributed by atoms with Crippen LogP contribution in [0, 0.1) is 5.92 Å². The Morgan fingerprint density at radius 3 is 2.61 bits per heavy atom. The highest BCUT2D eigenvalue weighted by Crippen LogP contribution is 2.22. The number of hydrogen-bond donors (Lipinski definition) is 2. The molecule has 0 aromatic heterocycles. The normalized spacial score (nSPS) is 15.9. The average molecular weight is 535 g/mol. The molecular weight excluding hydrogens is 501 g/mol. The summed E-state index contributed by atoms with van der Waals surface area (Å²) in [6.07, 6.45) is 2.02. The zero-order chi connectivity index (χ0) is 21.3. The van der Waals surface area contributed by atoms with E-state index in [0.29, 0.717) is 5.92 Å². The number of rotatable bonds is 7. The van der Waals surface area contributed by atoms with Gasteiger partial charge in [-0.3, -0.25) is 9.79 Å². The number of guanidine groups is 1. The molecule has 0 bridgehead atoms. The number of halogens is 1. The summed E-state index contributed by atoms with van der Waals surface area (Å²) in [6, 6.07) is 18.4. The molecule has 0 spiro atoms. The highest BCUT2D eigenvalue weighted by Gasteiger charge is 2.22. The van der Waals surface area contributed by atoms with Gasteiger partial charge < -0.3 is 20.4 Å². The maximum Gasteiger partial charge on any atom is 0.253 e. The molecule has 168 valence electrons. The molecule has 0 aliphatic carbocycles. The van der Waals surface area contributed by atoms with Crippen LogP contribution in [0.25, 0.3) is 0 Å². The van der Waals surface area contributed by atoms with Crippen molar-refractivity contribution >= 4 is 41.5 Å². The van der Waals surface area contributed by atoms with Crippen molar-refractivity contribution in [3.05, 3.63) is 65.7 Å². The number of anilines is 1. The first-order valence-corrected chi connectivity index (χ1v) is 10.6. The number of nitrogens with zero attached hydrogens (tertiary/aromatic N) is 3. The smallest absolute Gasteiger partial charge is 0.253 e. The fraction of sp³-hybridized carbons (Fsp3) is 0.417. The van der Waals surface area contributed by atoms with Crippen molar-refractivity contribution in [2.24, 2.45) is 10.9 Å². The second kappa shape index (κ2) is 12.5. The van der Waals surface area contributed by atoms with Crippen LogP contribution in [-0.4, -0.2) is 64.1 Å². The van der Waals surface area contributed by atoms with Crippen molar-refractivity contribution in [1.29, 1.82) is 0 Å². The Labute approximate surface area is 203 Å². The van der Waals surface area contributed by atoms with Gasteiger partial charge in [-0.05, 0) is 48.6 Å². The average Bonchev–Trinajstić information content (AvgIpc) is 3.25. The maximum atomic E-state index is 12.1. The number of carbonyl (C=O) groups is 1. The highest BCUT2D eigenvalue weighted by atomic mass is 127. The molecule has 1 aliphatic rings. The molecule has 2 N–H and O–H groups in total. The van der Waals surface area contributed by atoms with Gasteiger partial charge in [0.2, 0.25) is 0 Å². The van der Waals surface area contributed by atoms with Gasteiger partial charge in [-0.25, -0.2) is 0 Å². The lowest BCUT2D eigenvalue weighted by Crippen LogP contribution is -2.41. The molecule has 6 nitrogen and oxygen atoms in total. The van der Waals surface area contributed by atoms with E-state index in [1.807, 2.05) is 18.2 Å². The Morgan fingerprint density at radius 1 is 1.13 bits per heavy atom. The quantitative estimate of drug-likeness (QED) is 0.325. The van der Waals surface area contributed by atoms with Gasteiger partial charge in [-0.1, -0.05) is 30.3 Å². The van der Waals surface area contributed by atoms with E-state index in [4.69, 9.17) is 0 Å². The monoisotopic (exact) mass is 535 g/mol. The second-order valence-electron chi connectivity index (χ2n) is 7.97. The number of amides is 1. The summed E-state index contributed by atoms with van der Waals surface area (Å²) in [5.41, 5.74) is 3.17. The Morgan fingerprint density at radius 2 is 1.90 bits per heavy atom. The molecule has 2 aromatic carbocycles. The molecule has 1 atom stereocenters. The fourth-order valence-electron chi connectivity index (χ4n) is 3.78. The fourth-order valence-corrected chi connectivity index (χ4v) is 3.78. The van der Waals surface area contributed by atoms with Gasteiger partial charge >= 0.3 is 0 Å². The molecule has 1 saturated heterocycles. The van der Waals surface area contributed by atoms with Gasteiger partial charge in [0.05, 0.1) is 0 Å². The van der Waals surface area contributed by atoms with Crippen molar-refractivity contribution in [3.8, 4) is 0 Å². The summed E-state index contributed by atoms with van der Waals surface area (Å²) < 4.78 is 0. The number of aliphatic imine (C=N–C) groups is 1. The summed E-state index contributed by atoms with van der Waals surface area (Å²) in [5, 5.41) is 6.85. The van der Waals surface area contributed by atoms with Gasteiger partial charge in [0, 0.05) is 58.6 Å². The van der Waals surface area contributed by atoms with E-state index in [-0.39, 0.29) is 29.9 Å². The minimum atomic E-state index is 0. The van der Waals surface area contributed by atoms with Crippen LogP contribution in [0.15, 0.2) is 59.6 Å². The van der Waals surface area contributed by atoms with E-state index >= 15 is 0 Å². The Hall–Kier alpha value is -2.29. The van der Waals surface area contributed by atoms with Gasteiger partial charge in [0.1, 0.15) is 0 Å². The van der Waals surface area contributed by atoms with Crippen LogP contribution >= 0.6 is 24.0 Å². The van der Waals surface area contributed by atoms with Crippen molar-refractivity contribution in [3.63, 3.8) is 0 Å². The molecule has 1 aliphatic heterocycles. The molecular formula is C24H34IN5O. The second-order valence-corrected chi connectivity index (χ2v) is 7.97. The first kappa shape index (κ1) is 25.0. The molecule has 2 aromatic rings. The lowest BCUT2D eigenvalue weighted by atomic mass is 10.1. The Bertz CT molecular complexity index is 856. The summed E-state index contributed by atoms with van der Waals surface area (Å²) >= 11 is 0. The third kappa shape index (κ3) is 7.41. The summed E-state index contributed by atoms with van der Waals surface area (Å²) in [7, 11) is 5.35. The predicted octanol–water partition coefficient (Wildman–Crippen LogP) is 3.24. The summed E-state index contributed by atoms with van der Waals surface area (Å²) in [4.78, 5) is 20.5. The van der Waals surface area contributed by atoms with Gasteiger partial charge in [0.25, 0.3) is 5.91 Å². The molecule has 3 rings (SSSR count). The minimum Gasteiger partial charge on any atom is -0.371 e. The van der Waals surface area contributed by atoms with Crippen molar-refractivity contribution in [2.75, 3.05) is 52.2 Å².